The summed E-state index contributed by atoms with van der Waals surface area (Å²) in [6.45, 7) is 4.03. The Kier molecular flexibility index (Phi) is 4.77. The van der Waals surface area contributed by atoms with Gasteiger partial charge in [-0.15, -0.1) is 11.3 Å². The fraction of sp³-hybridized carbons (Fsp3) is 0.316. The third kappa shape index (κ3) is 3.77. The van der Waals surface area contributed by atoms with Crippen LogP contribution in [0.25, 0.3) is 10.2 Å². The summed E-state index contributed by atoms with van der Waals surface area (Å²) in [5.41, 5.74) is 7.96. The van der Waals surface area contributed by atoms with Crippen molar-refractivity contribution >= 4 is 45.0 Å². The van der Waals surface area contributed by atoms with Crippen LogP contribution in [0.4, 0.5) is 10.2 Å². The van der Waals surface area contributed by atoms with E-state index in [0.717, 1.165) is 33.5 Å². The Balaban J connectivity index is 1.69. The number of rotatable bonds is 5. The molecular weight excluding hydrogens is 383 g/mol. The van der Waals surface area contributed by atoms with Crippen LogP contribution in [-0.4, -0.2) is 21.9 Å². The molecule has 0 aliphatic heterocycles. The highest BCUT2D eigenvalue weighted by molar-refractivity contribution is 8.00. The van der Waals surface area contributed by atoms with Gasteiger partial charge in [-0.1, -0.05) is 23.9 Å². The number of carbonyl (C=O) groups excluding carboxylic acids is 1. The summed E-state index contributed by atoms with van der Waals surface area (Å²) in [6, 6.07) is 6.20. The number of aryl methyl sites for hydroxylation is 2. The Labute approximate surface area is 164 Å². The van der Waals surface area contributed by atoms with Crippen molar-refractivity contribution in [2.75, 3.05) is 5.73 Å². The van der Waals surface area contributed by atoms with Crippen molar-refractivity contribution in [2.45, 2.75) is 43.1 Å². The predicted octanol–water partition coefficient (Wildman–Crippen LogP) is 4.14. The summed E-state index contributed by atoms with van der Waals surface area (Å²) >= 11 is 2.81. The smallest absolute Gasteiger partial charge is 0.238 e. The summed E-state index contributed by atoms with van der Waals surface area (Å²) in [7, 11) is 0. The van der Waals surface area contributed by atoms with E-state index in [2.05, 4.69) is 15.3 Å². The average Bonchev–Trinajstić information content (AvgIpc) is 3.38. The van der Waals surface area contributed by atoms with Crippen molar-refractivity contribution in [3.8, 4) is 0 Å². The topological polar surface area (TPSA) is 80.9 Å². The highest BCUT2D eigenvalue weighted by Crippen LogP contribution is 2.38. The molecule has 4 rings (SSSR count). The van der Waals surface area contributed by atoms with Crippen molar-refractivity contribution in [1.82, 2.24) is 15.3 Å². The minimum absolute atomic E-state index is 0.116. The first kappa shape index (κ1) is 18.2. The quantitative estimate of drug-likeness (QED) is 0.495. The van der Waals surface area contributed by atoms with Gasteiger partial charge < -0.3 is 11.1 Å². The Bertz CT molecular complexity index is 1010. The normalized spacial score (nSPS) is 15.1. The molecule has 8 heteroatoms. The van der Waals surface area contributed by atoms with Crippen LogP contribution < -0.4 is 11.1 Å². The minimum atomic E-state index is -0.565. The van der Waals surface area contributed by atoms with Gasteiger partial charge in [-0.2, -0.15) is 0 Å². The van der Waals surface area contributed by atoms with E-state index < -0.39 is 5.25 Å². The van der Waals surface area contributed by atoms with Crippen LogP contribution in [-0.2, 0) is 4.79 Å². The van der Waals surface area contributed by atoms with Crippen LogP contribution in [0, 0.1) is 19.7 Å². The van der Waals surface area contributed by atoms with Gasteiger partial charge in [-0.3, -0.25) is 4.79 Å². The van der Waals surface area contributed by atoms with Gasteiger partial charge >= 0.3 is 0 Å². The SMILES string of the molecule is Cc1sc2nc(S[C@@H](C(=O)NC3CC3)c3ccc(F)cc3)nc(N)c2c1C. The van der Waals surface area contributed by atoms with Gasteiger partial charge in [-0.25, -0.2) is 14.4 Å². The largest absolute Gasteiger partial charge is 0.383 e. The number of halogens is 1. The number of aromatic nitrogens is 2. The zero-order chi connectivity index (χ0) is 19.1. The number of hydrogen-bond donors (Lipinski definition) is 2. The molecule has 1 fully saturated rings. The second-order valence-corrected chi connectivity index (χ2v) is 8.96. The zero-order valence-electron chi connectivity index (χ0n) is 15.0. The van der Waals surface area contributed by atoms with Crippen LogP contribution >= 0.6 is 23.1 Å². The molecule has 1 amide bonds. The summed E-state index contributed by atoms with van der Waals surface area (Å²) in [6.07, 6.45) is 1.99. The number of thioether (sulfide) groups is 1. The van der Waals surface area contributed by atoms with Crippen LogP contribution in [0.5, 0.6) is 0 Å². The lowest BCUT2D eigenvalue weighted by molar-refractivity contribution is -0.120. The monoisotopic (exact) mass is 402 g/mol. The van der Waals surface area contributed by atoms with E-state index in [-0.39, 0.29) is 17.8 Å². The summed E-state index contributed by atoms with van der Waals surface area (Å²) in [4.78, 5) is 23.8. The molecule has 1 aliphatic rings. The molecule has 2 heterocycles. The van der Waals surface area contributed by atoms with Gasteiger partial charge in [0.1, 0.15) is 21.7 Å². The number of fused-ring (bicyclic) bond motifs is 1. The molecule has 0 saturated heterocycles. The number of nitrogen functional groups attached to an aromatic ring is 1. The van der Waals surface area contributed by atoms with Gasteiger partial charge in [0.2, 0.25) is 5.91 Å². The lowest BCUT2D eigenvalue weighted by atomic mass is 10.1. The molecule has 140 valence electrons. The van der Waals surface area contributed by atoms with Crippen molar-refractivity contribution in [3.63, 3.8) is 0 Å². The first-order valence-electron chi connectivity index (χ1n) is 8.68. The summed E-state index contributed by atoms with van der Waals surface area (Å²) in [5, 5.41) is 3.77. The maximum absolute atomic E-state index is 13.3. The number of benzene rings is 1. The number of hydrogen-bond acceptors (Lipinski definition) is 6. The van der Waals surface area contributed by atoms with Gasteiger partial charge in [-0.05, 0) is 49.9 Å². The van der Waals surface area contributed by atoms with E-state index in [1.165, 1.54) is 23.9 Å². The molecule has 2 aromatic heterocycles. The maximum Gasteiger partial charge on any atom is 0.238 e. The van der Waals surface area contributed by atoms with E-state index in [9.17, 15) is 9.18 Å². The lowest BCUT2D eigenvalue weighted by Gasteiger charge is -2.16. The molecule has 3 N–H and O–H groups in total. The number of amides is 1. The van der Waals surface area contributed by atoms with Crippen LogP contribution in [0.15, 0.2) is 29.4 Å². The number of nitrogens with zero attached hydrogens (tertiary/aromatic N) is 2. The highest BCUT2D eigenvalue weighted by Gasteiger charge is 2.30. The van der Waals surface area contributed by atoms with Crippen LogP contribution in [0.1, 0.15) is 34.1 Å². The third-order valence-corrected chi connectivity index (χ3v) is 6.81. The Morgan fingerprint density at radius 3 is 2.67 bits per heavy atom. The van der Waals surface area contributed by atoms with Crippen molar-refractivity contribution in [2.24, 2.45) is 0 Å². The number of nitrogens with one attached hydrogen (secondary N) is 1. The second-order valence-electron chi connectivity index (χ2n) is 6.69. The van der Waals surface area contributed by atoms with E-state index in [4.69, 9.17) is 5.73 Å². The van der Waals surface area contributed by atoms with E-state index in [0.29, 0.717) is 16.5 Å². The fourth-order valence-corrected chi connectivity index (χ4v) is 4.90. The first-order chi connectivity index (χ1) is 12.9. The number of nitrogens with two attached hydrogens (primary N) is 1. The molecule has 5 nitrogen and oxygen atoms in total. The van der Waals surface area contributed by atoms with Crippen LogP contribution in [0.2, 0.25) is 0 Å². The molecule has 0 spiro atoms. The molecule has 1 aromatic carbocycles. The van der Waals surface area contributed by atoms with Crippen molar-refractivity contribution in [3.05, 3.63) is 46.1 Å². The Morgan fingerprint density at radius 2 is 2.00 bits per heavy atom. The third-order valence-electron chi connectivity index (χ3n) is 4.59. The molecule has 0 bridgehead atoms. The van der Waals surface area contributed by atoms with Gasteiger partial charge in [0.05, 0.1) is 5.39 Å². The number of thiophene rings is 1. The van der Waals surface area contributed by atoms with Gasteiger partial charge in [0, 0.05) is 10.9 Å². The first-order valence-corrected chi connectivity index (χ1v) is 10.4. The zero-order valence-corrected chi connectivity index (χ0v) is 16.6. The second kappa shape index (κ2) is 7.09. The van der Waals surface area contributed by atoms with Gasteiger partial charge in [0.25, 0.3) is 0 Å². The molecular formula is C19H19FN4OS2. The molecule has 1 saturated carbocycles. The highest BCUT2D eigenvalue weighted by atomic mass is 32.2. The summed E-state index contributed by atoms with van der Waals surface area (Å²) in [5.74, 6) is -0.0312. The molecule has 1 atom stereocenters. The van der Waals surface area contributed by atoms with Crippen molar-refractivity contribution < 1.29 is 9.18 Å². The molecule has 27 heavy (non-hydrogen) atoms. The van der Waals surface area contributed by atoms with E-state index >= 15 is 0 Å². The summed E-state index contributed by atoms with van der Waals surface area (Å²) < 4.78 is 13.3. The van der Waals surface area contributed by atoms with E-state index in [1.54, 1.807) is 23.5 Å². The van der Waals surface area contributed by atoms with Gasteiger partial charge in [0.15, 0.2) is 5.16 Å². The Morgan fingerprint density at radius 1 is 1.30 bits per heavy atom. The van der Waals surface area contributed by atoms with Crippen LogP contribution in [0.3, 0.4) is 0 Å². The Hall–Kier alpha value is -2.19. The number of anilines is 1. The predicted molar refractivity (Wildman–Crippen MR) is 107 cm³/mol. The molecule has 1 aliphatic carbocycles. The minimum Gasteiger partial charge on any atom is -0.383 e. The molecule has 0 radical (unpaired) electrons. The van der Waals surface area contributed by atoms with E-state index in [1.807, 2.05) is 13.8 Å². The molecule has 0 unspecified atom stereocenters. The lowest BCUT2D eigenvalue weighted by Crippen LogP contribution is -2.29. The fourth-order valence-electron chi connectivity index (χ4n) is 2.83. The van der Waals surface area contributed by atoms with Crippen molar-refractivity contribution in [1.29, 1.82) is 0 Å². The maximum atomic E-state index is 13.3. The number of carbonyl (C=O) groups is 1. The average molecular weight is 403 g/mol. The standard InChI is InChI=1S/C19H19FN4OS2/c1-9-10(2)26-18-14(9)16(21)23-19(24-18)27-15(17(25)22-13-7-8-13)11-3-5-12(20)6-4-11/h3-6,13,15H,7-8H2,1-2H3,(H,22,25)(H2,21,23,24)/t15-/m1/s1. The molecule has 3 aromatic rings.